The summed E-state index contributed by atoms with van der Waals surface area (Å²) in [7, 11) is 0. The van der Waals surface area contributed by atoms with E-state index in [4.69, 9.17) is 11.5 Å². The number of ketones is 1. The summed E-state index contributed by atoms with van der Waals surface area (Å²) in [6.07, 6.45) is 2.94. The quantitative estimate of drug-likeness (QED) is 0.699. The number of aromatic nitrogens is 4. The number of hydrogen-bond acceptors (Lipinski definition) is 8. The van der Waals surface area contributed by atoms with Crippen LogP contribution in [0, 0.1) is 0 Å². The highest BCUT2D eigenvalue weighted by atomic mass is 32.1. The van der Waals surface area contributed by atoms with Crippen LogP contribution in [-0.4, -0.2) is 32.0 Å². The van der Waals surface area contributed by atoms with Gasteiger partial charge in [-0.3, -0.25) is 4.79 Å². The van der Waals surface area contributed by atoms with Crippen LogP contribution in [-0.2, 0) is 4.79 Å². The van der Waals surface area contributed by atoms with Crippen molar-refractivity contribution in [3.63, 3.8) is 0 Å². The van der Waals surface area contributed by atoms with E-state index in [1.54, 1.807) is 24.3 Å². The molecule has 0 saturated heterocycles. The second kappa shape index (κ2) is 7.23. The van der Waals surface area contributed by atoms with Crippen LogP contribution in [0.2, 0.25) is 0 Å². The summed E-state index contributed by atoms with van der Waals surface area (Å²) in [5, 5.41) is 8.78. The van der Waals surface area contributed by atoms with Crippen LogP contribution in [0.15, 0.2) is 42.7 Å². The molecule has 0 saturated carbocycles. The van der Waals surface area contributed by atoms with Crippen LogP contribution in [0.5, 0.6) is 0 Å². The molecule has 0 bridgehead atoms. The Morgan fingerprint density at radius 2 is 1.77 bits per heavy atom. The molecule has 132 valence electrons. The third-order valence-electron chi connectivity index (χ3n) is 3.53. The normalized spacial score (nSPS) is 11.7. The summed E-state index contributed by atoms with van der Waals surface area (Å²) in [5.41, 5.74) is 12.1. The number of primary amides is 1. The molecule has 4 N–H and O–H groups in total. The van der Waals surface area contributed by atoms with Crippen molar-refractivity contribution in [2.75, 3.05) is 10.6 Å². The Kier molecular flexibility index (Phi) is 4.85. The number of anilines is 3. The van der Waals surface area contributed by atoms with Crippen LogP contribution >= 0.6 is 11.3 Å². The minimum Gasteiger partial charge on any atom is -0.368 e. The SMILES string of the molecule is CC(=O)C(c1cnc(N)nc1)c1nnc(N(C(N)=O)c2ccccc2)s1. The Labute approximate surface area is 152 Å². The first kappa shape index (κ1) is 17.4. The highest BCUT2D eigenvalue weighted by molar-refractivity contribution is 7.15. The molecule has 10 heteroatoms. The Bertz CT molecular complexity index is 927. The minimum atomic E-state index is -0.702. The lowest BCUT2D eigenvalue weighted by Gasteiger charge is -2.16. The van der Waals surface area contributed by atoms with Crippen molar-refractivity contribution < 1.29 is 9.59 Å². The van der Waals surface area contributed by atoms with Crippen molar-refractivity contribution in [1.82, 2.24) is 20.2 Å². The Hall–Kier alpha value is -3.40. The number of nitrogen functional groups attached to an aromatic ring is 1. The number of hydrogen-bond donors (Lipinski definition) is 2. The first-order valence-corrected chi connectivity index (χ1v) is 8.35. The first-order valence-electron chi connectivity index (χ1n) is 7.53. The Balaban J connectivity index is 2.00. The predicted molar refractivity (Wildman–Crippen MR) is 97.0 cm³/mol. The van der Waals surface area contributed by atoms with Gasteiger partial charge < -0.3 is 11.5 Å². The zero-order valence-electron chi connectivity index (χ0n) is 13.7. The maximum Gasteiger partial charge on any atom is 0.325 e. The van der Waals surface area contributed by atoms with E-state index in [1.807, 2.05) is 6.07 Å². The molecule has 1 unspecified atom stereocenters. The molecule has 2 amide bonds. The standard InChI is InChI=1S/C16H15N7O2S/c1-9(24)12(10-7-19-14(17)20-8-10)13-21-22-16(26-13)23(15(18)25)11-5-3-2-4-6-11/h2-8,12H,1H3,(H2,18,25)(H2,17,19,20). The lowest BCUT2D eigenvalue weighted by molar-refractivity contribution is -0.117. The summed E-state index contributed by atoms with van der Waals surface area (Å²) in [6, 6.07) is 8.12. The number of nitrogens with zero attached hydrogens (tertiary/aromatic N) is 5. The van der Waals surface area contributed by atoms with E-state index in [9.17, 15) is 9.59 Å². The summed E-state index contributed by atoms with van der Waals surface area (Å²) >= 11 is 1.09. The molecule has 0 radical (unpaired) electrons. The van der Waals surface area contributed by atoms with E-state index in [2.05, 4.69) is 20.2 Å². The third-order valence-corrected chi connectivity index (χ3v) is 4.51. The molecule has 0 aliphatic heterocycles. The number of carbonyl (C=O) groups is 2. The number of nitrogens with two attached hydrogens (primary N) is 2. The van der Waals surface area contributed by atoms with Gasteiger partial charge in [0.15, 0.2) is 0 Å². The van der Waals surface area contributed by atoms with Crippen molar-refractivity contribution >= 4 is 39.9 Å². The molecule has 0 aliphatic carbocycles. The largest absolute Gasteiger partial charge is 0.368 e. The van der Waals surface area contributed by atoms with E-state index in [0.29, 0.717) is 16.3 Å². The fourth-order valence-electron chi connectivity index (χ4n) is 2.39. The van der Waals surface area contributed by atoms with Gasteiger partial charge in [0.2, 0.25) is 11.1 Å². The van der Waals surface area contributed by atoms with Gasteiger partial charge in [-0.2, -0.15) is 0 Å². The third kappa shape index (κ3) is 3.49. The molecule has 2 heterocycles. The van der Waals surface area contributed by atoms with E-state index in [0.717, 1.165) is 11.3 Å². The smallest absolute Gasteiger partial charge is 0.325 e. The van der Waals surface area contributed by atoms with E-state index >= 15 is 0 Å². The van der Waals surface area contributed by atoms with E-state index in [-0.39, 0.29) is 16.9 Å². The molecule has 3 rings (SSSR count). The van der Waals surface area contributed by atoms with E-state index in [1.165, 1.54) is 24.2 Å². The number of rotatable bonds is 5. The van der Waals surface area contributed by atoms with Gasteiger partial charge in [-0.1, -0.05) is 29.5 Å². The van der Waals surface area contributed by atoms with Gasteiger partial charge in [-0.25, -0.2) is 19.7 Å². The molecule has 26 heavy (non-hydrogen) atoms. The number of para-hydroxylation sites is 1. The second-order valence-electron chi connectivity index (χ2n) is 5.35. The average molecular weight is 369 g/mol. The monoisotopic (exact) mass is 369 g/mol. The van der Waals surface area contributed by atoms with Gasteiger partial charge in [0.25, 0.3) is 0 Å². The lowest BCUT2D eigenvalue weighted by Crippen LogP contribution is -2.31. The second-order valence-corrected chi connectivity index (χ2v) is 6.34. The average Bonchev–Trinajstić information content (AvgIpc) is 3.06. The van der Waals surface area contributed by atoms with Crippen molar-refractivity contribution in [3.8, 4) is 0 Å². The summed E-state index contributed by atoms with van der Waals surface area (Å²) in [6.45, 7) is 1.44. The van der Waals surface area contributed by atoms with Crippen LogP contribution in [0.3, 0.4) is 0 Å². The molecule has 1 aromatic carbocycles. The number of urea groups is 1. The molecule has 1 atom stereocenters. The number of carbonyl (C=O) groups excluding carboxylic acids is 2. The van der Waals surface area contributed by atoms with Gasteiger partial charge in [0, 0.05) is 18.0 Å². The van der Waals surface area contributed by atoms with Crippen molar-refractivity contribution in [1.29, 1.82) is 0 Å². The number of amides is 2. The fourth-order valence-corrected chi connectivity index (χ4v) is 3.45. The highest BCUT2D eigenvalue weighted by Crippen LogP contribution is 2.34. The van der Waals surface area contributed by atoms with Crippen LogP contribution in [0.4, 0.5) is 21.6 Å². The van der Waals surface area contributed by atoms with Gasteiger partial charge >= 0.3 is 6.03 Å². The highest BCUT2D eigenvalue weighted by Gasteiger charge is 2.27. The zero-order valence-corrected chi connectivity index (χ0v) is 14.6. The summed E-state index contributed by atoms with van der Waals surface area (Å²) in [4.78, 5) is 33.1. The number of Topliss-reactive ketones (excluding diaryl/α,β-unsaturated/α-hetero) is 1. The molecule has 0 aliphatic rings. The van der Waals surface area contributed by atoms with Crippen molar-refractivity contribution in [2.45, 2.75) is 12.8 Å². The molecular formula is C16H15N7O2S. The van der Waals surface area contributed by atoms with Crippen LogP contribution < -0.4 is 16.4 Å². The molecular weight excluding hydrogens is 354 g/mol. The van der Waals surface area contributed by atoms with Crippen LogP contribution in [0.1, 0.15) is 23.4 Å². The fraction of sp³-hybridized carbons (Fsp3) is 0.125. The minimum absolute atomic E-state index is 0.109. The summed E-state index contributed by atoms with van der Waals surface area (Å²) < 4.78 is 0. The lowest BCUT2D eigenvalue weighted by atomic mass is 9.99. The van der Waals surface area contributed by atoms with Crippen molar-refractivity contribution in [2.24, 2.45) is 5.73 Å². The van der Waals surface area contributed by atoms with Gasteiger partial charge in [-0.05, 0) is 19.1 Å². The van der Waals surface area contributed by atoms with Crippen molar-refractivity contribution in [3.05, 3.63) is 53.3 Å². The van der Waals surface area contributed by atoms with Gasteiger partial charge in [0.1, 0.15) is 10.8 Å². The molecule has 2 aromatic heterocycles. The first-order chi connectivity index (χ1) is 12.5. The maximum absolute atomic E-state index is 12.2. The summed E-state index contributed by atoms with van der Waals surface area (Å²) in [5.74, 6) is -0.753. The topological polar surface area (TPSA) is 141 Å². The van der Waals surface area contributed by atoms with Gasteiger partial charge in [0.05, 0.1) is 11.6 Å². The maximum atomic E-state index is 12.2. The molecule has 9 nitrogen and oxygen atoms in total. The Morgan fingerprint density at radius 1 is 1.12 bits per heavy atom. The molecule has 0 spiro atoms. The van der Waals surface area contributed by atoms with E-state index < -0.39 is 11.9 Å². The van der Waals surface area contributed by atoms with Gasteiger partial charge in [-0.15, -0.1) is 10.2 Å². The number of benzene rings is 1. The van der Waals surface area contributed by atoms with Crippen LogP contribution in [0.25, 0.3) is 0 Å². The Morgan fingerprint density at radius 3 is 2.35 bits per heavy atom. The predicted octanol–water partition coefficient (Wildman–Crippen LogP) is 1.85. The molecule has 3 aromatic rings. The zero-order chi connectivity index (χ0) is 18.7. The molecule has 0 fully saturated rings.